The lowest BCUT2D eigenvalue weighted by Gasteiger charge is -2.20. The summed E-state index contributed by atoms with van der Waals surface area (Å²) in [6, 6.07) is 1.64. The number of nitrogens with one attached hydrogen (secondary N) is 1. The maximum absolute atomic E-state index is 9.59. The zero-order valence-electron chi connectivity index (χ0n) is 10.2. The molecule has 0 saturated carbocycles. The molecule has 2 atom stereocenters. The molecule has 1 fully saturated rings. The van der Waals surface area contributed by atoms with Crippen LogP contribution >= 0.6 is 11.6 Å². The molecule has 1 aromatic rings. The van der Waals surface area contributed by atoms with Gasteiger partial charge in [0.1, 0.15) is 11.7 Å². The Hall–Kier alpha value is -1.33. The minimum atomic E-state index is -0.329. The lowest BCUT2D eigenvalue weighted by molar-refractivity contribution is 0.136. The van der Waals surface area contributed by atoms with Crippen molar-refractivity contribution in [2.45, 2.75) is 19.4 Å². The summed E-state index contributed by atoms with van der Waals surface area (Å²) in [5, 5.41) is 17.5. The van der Waals surface area contributed by atoms with Gasteiger partial charge in [0.2, 0.25) is 0 Å². The van der Waals surface area contributed by atoms with Crippen LogP contribution in [0.5, 0.6) is 0 Å². The Bertz CT molecular complexity index is 463. The van der Waals surface area contributed by atoms with Gasteiger partial charge in [0.15, 0.2) is 0 Å². The van der Waals surface area contributed by atoms with Gasteiger partial charge in [-0.15, -0.1) is 0 Å². The van der Waals surface area contributed by atoms with E-state index in [1.165, 1.54) is 0 Å². The van der Waals surface area contributed by atoms with Crippen molar-refractivity contribution in [3.63, 3.8) is 0 Å². The Labute approximate surface area is 111 Å². The third-order valence-corrected chi connectivity index (χ3v) is 3.74. The van der Waals surface area contributed by atoms with Crippen molar-refractivity contribution in [1.29, 1.82) is 5.41 Å². The van der Waals surface area contributed by atoms with E-state index in [2.05, 4.69) is 4.98 Å². The smallest absolute Gasteiger partial charge is 0.148 e. The third-order valence-electron chi connectivity index (χ3n) is 3.37. The van der Waals surface area contributed by atoms with E-state index in [1.807, 2.05) is 4.90 Å². The van der Waals surface area contributed by atoms with Crippen molar-refractivity contribution >= 4 is 23.3 Å². The van der Waals surface area contributed by atoms with Crippen LogP contribution in [0.2, 0.25) is 5.02 Å². The molecular weight excluding hydrogens is 252 g/mol. The second-order valence-corrected chi connectivity index (χ2v) is 5.02. The molecule has 0 radical (unpaired) electrons. The van der Waals surface area contributed by atoms with Crippen molar-refractivity contribution in [3.05, 3.63) is 22.8 Å². The van der Waals surface area contributed by atoms with Crippen molar-refractivity contribution in [1.82, 2.24) is 4.98 Å². The second-order valence-electron chi connectivity index (χ2n) is 4.65. The quantitative estimate of drug-likeness (QED) is 0.568. The molecule has 1 aliphatic heterocycles. The Morgan fingerprint density at radius 3 is 3.00 bits per heavy atom. The molecule has 5 nitrogen and oxygen atoms in total. The van der Waals surface area contributed by atoms with E-state index in [-0.39, 0.29) is 17.9 Å². The van der Waals surface area contributed by atoms with Gasteiger partial charge in [-0.25, -0.2) is 4.98 Å². The van der Waals surface area contributed by atoms with E-state index < -0.39 is 0 Å². The van der Waals surface area contributed by atoms with Gasteiger partial charge < -0.3 is 15.7 Å². The second kappa shape index (κ2) is 5.12. The Morgan fingerprint density at radius 2 is 2.44 bits per heavy atom. The number of aliphatic hydroxyl groups excluding tert-OH is 1. The van der Waals surface area contributed by atoms with E-state index in [1.54, 1.807) is 19.2 Å². The zero-order chi connectivity index (χ0) is 13.3. The Balaban J connectivity index is 2.25. The molecule has 2 unspecified atom stereocenters. The van der Waals surface area contributed by atoms with Crippen molar-refractivity contribution in [3.8, 4) is 0 Å². The number of anilines is 1. The van der Waals surface area contributed by atoms with Crippen molar-refractivity contribution in [2.24, 2.45) is 11.7 Å². The predicted molar refractivity (Wildman–Crippen MR) is 72.3 cm³/mol. The van der Waals surface area contributed by atoms with Gasteiger partial charge in [0.25, 0.3) is 0 Å². The highest BCUT2D eigenvalue weighted by Crippen LogP contribution is 2.31. The number of aromatic nitrogens is 1. The molecular formula is C12H17ClN4O. The van der Waals surface area contributed by atoms with Crippen LogP contribution in [-0.2, 0) is 0 Å². The number of rotatable bonds is 3. The lowest BCUT2D eigenvalue weighted by Crippen LogP contribution is -2.25. The number of halogens is 1. The molecule has 98 valence electrons. The zero-order valence-corrected chi connectivity index (χ0v) is 11.0. The standard InChI is InChI=1S/C12H17ClN4O/c1-7(18)8-3-5-17(6-8)12-10(13)9(11(14)15)2-4-16-12/h2,4,7-8,18H,3,5-6H2,1H3,(H3,14,15). The summed E-state index contributed by atoms with van der Waals surface area (Å²) in [6.07, 6.45) is 2.19. The number of pyridine rings is 1. The number of amidine groups is 1. The van der Waals surface area contributed by atoms with E-state index in [0.717, 1.165) is 19.5 Å². The summed E-state index contributed by atoms with van der Waals surface area (Å²) in [5.41, 5.74) is 5.97. The van der Waals surface area contributed by atoms with Gasteiger partial charge in [0, 0.05) is 30.8 Å². The maximum atomic E-state index is 9.59. The Morgan fingerprint density at radius 1 is 1.72 bits per heavy atom. The van der Waals surface area contributed by atoms with Crippen molar-refractivity contribution < 1.29 is 5.11 Å². The van der Waals surface area contributed by atoms with Gasteiger partial charge in [-0.2, -0.15) is 0 Å². The molecule has 6 heteroatoms. The van der Waals surface area contributed by atoms with Crippen LogP contribution in [0, 0.1) is 11.3 Å². The molecule has 0 aliphatic carbocycles. The summed E-state index contributed by atoms with van der Waals surface area (Å²) in [6.45, 7) is 3.34. The van der Waals surface area contributed by atoms with E-state index >= 15 is 0 Å². The van der Waals surface area contributed by atoms with E-state index in [9.17, 15) is 5.11 Å². The van der Waals surface area contributed by atoms with E-state index in [0.29, 0.717) is 16.4 Å². The van der Waals surface area contributed by atoms with Crippen molar-refractivity contribution in [2.75, 3.05) is 18.0 Å². The molecule has 0 aromatic carbocycles. The minimum Gasteiger partial charge on any atom is -0.393 e. The summed E-state index contributed by atoms with van der Waals surface area (Å²) in [7, 11) is 0. The monoisotopic (exact) mass is 268 g/mol. The van der Waals surface area contributed by atoms with Gasteiger partial charge >= 0.3 is 0 Å². The first-order valence-electron chi connectivity index (χ1n) is 5.92. The van der Waals surface area contributed by atoms with Gasteiger partial charge in [-0.1, -0.05) is 11.6 Å². The number of nitrogen functional groups attached to an aromatic ring is 1. The highest BCUT2D eigenvalue weighted by atomic mass is 35.5. The lowest BCUT2D eigenvalue weighted by atomic mass is 10.0. The molecule has 0 spiro atoms. The maximum Gasteiger partial charge on any atom is 0.148 e. The molecule has 2 heterocycles. The molecule has 2 rings (SSSR count). The van der Waals surface area contributed by atoms with Crippen LogP contribution in [0.4, 0.5) is 5.82 Å². The number of nitrogens with two attached hydrogens (primary N) is 1. The summed E-state index contributed by atoms with van der Waals surface area (Å²) < 4.78 is 0. The third kappa shape index (κ3) is 2.42. The molecule has 0 amide bonds. The summed E-state index contributed by atoms with van der Waals surface area (Å²) in [4.78, 5) is 6.29. The average Bonchev–Trinajstić information content (AvgIpc) is 2.78. The van der Waals surface area contributed by atoms with Gasteiger partial charge in [0.05, 0.1) is 11.1 Å². The first-order chi connectivity index (χ1) is 8.50. The average molecular weight is 269 g/mol. The summed E-state index contributed by atoms with van der Waals surface area (Å²) >= 11 is 6.22. The predicted octanol–water partition coefficient (Wildman–Crippen LogP) is 1.23. The highest BCUT2D eigenvalue weighted by Gasteiger charge is 2.28. The fraction of sp³-hybridized carbons (Fsp3) is 0.500. The summed E-state index contributed by atoms with van der Waals surface area (Å²) in [5.74, 6) is 0.825. The number of hydrogen-bond donors (Lipinski definition) is 3. The van der Waals surface area contributed by atoms with Gasteiger partial charge in [-0.05, 0) is 19.4 Å². The molecule has 18 heavy (non-hydrogen) atoms. The van der Waals surface area contributed by atoms with Crippen LogP contribution in [0.15, 0.2) is 12.3 Å². The first-order valence-corrected chi connectivity index (χ1v) is 6.30. The SMILES string of the molecule is CC(O)C1CCN(c2nccc(C(=N)N)c2Cl)C1. The number of aliphatic hydroxyl groups is 1. The minimum absolute atomic E-state index is 0.0603. The molecule has 1 aromatic heterocycles. The number of hydrogen-bond acceptors (Lipinski definition) is 4. The van der Waals surface area contributed by atoms with Crippen LogP contribution < -0.4 is 10.6 Å². The van der Waals surface area contributed by atoms with Gasteiger partial charge in [-0.3, -0.25) is 5.41 Å². The van der Waals surface area contributed by atoms with E-state index in [4.69, 9.17) is 22.7 Å². The number of nitrogens with zero attached hydrogens (tertiary/aromatic N) is 2. The molecule has 0 bridgehead atoms. The van der Waals surface area contributed by atoms with Crippen LogP contribution in [0.25, 0.3) is 0 Å². The molecule has 1 saturated heterocycles. The van der Waals surface area contributed by atoms with Crippen LogP contribution in [-0.4, -0.2) is 35.1 Å². The largest absolute Gasteiger partial charge is 0.393 e. The highest BCUT2D eigenvalue weighted by molar-refractivity contribution is 6.36. The topological polar surface area (TPSA) is 86.2 Å². The van der Waals surface area contributed by atoms with Crippen LogP contribution in [0.3, 0.4) is 0 Å². The molecule has 1 aliphatic rings. The first kappa shape index (κ1) is 13.1. The Kier molecular flexibility index (Phi) is 3.73. The van der Waals surface area contributed by atoms with Crippen LogP contribution in [0.1, 0.15) is 18.9 Å². The fourth-order valence-electron chi connectivity index (χ4n) is 2.23. The molecule has 4 N–H and O–H groups in total. The fourth-order valence-corrected chi connectivity index (χ4v) is 2.57. The normalized spacial score (nSPS) is 21.1.